The van der Waals surface area contributed by atoms with Crippen molar-refractivity contribution in [3.05, 3.63) is 35.9 Å². The maximum atomic E-state index is 14.2. The van der Waals surface area contributed by atoms with Crippen molar-refractivity contribution in [3.63, 3.8) is 0 Å². The topological polar surface area (TPSA) is 108 Å². The molecule has 36 heavy (non-hydrogen) atoms. The fourth-order valence-electron chi connectivity index (χ4n) is 6.78. The van der Waals surface area contributed by atoms with Crippen LogP contribution in [0.25, 0.3) is 0 Å². The minimum absolute atomic E-state index is 0.0607. The lowest BCUT2D eigenvalue weighted by Crippen LogP contribution is -2.59. The van der Waals surface area contributed by atoms with E-state index in [1.54, 1.807) is 4.90 Å². The quantitative estimate of drug-likeness (QED) is 0.433. The Morgan fingerprint density at radius 2 is 1.89 bits per heavy atom. The number of fused-ring (bicyclic) bond motifs is 1. The summed E-state index contributed by atoms with van der Waals surface area (Å²) in [5.74, 6) is -2.15. The Balaban J connectivity index is 1.74. The molecule has 8 nitrogen and oxygen atoms in total. The Kier molecular flexibility index (Phi) is 7.76. The first kappa shape index (κ1) is 26.6. The van der Waals surface area contributed by atoms with Crippen molar-refractivity contribution < 1.29 is 24.2 Å². The van der Waals surface area contributed by atoms with Crippen LogP contribution in [-0.2, 0) is 25.5 Å². The summed E-state index contributed by atoms with van der Waals surface area (Å²) >= 11 is 0. The van der Waals surface area contributed by atoms with E-state index in [1.807, 2.05) is 51.1 Å². The summed E-state index contributed by atoms with van der Waals surface area (Å²) in [6.07, 6.45) is 4.06. The third-order valence-electron chi connectivity index (χ3n) is 8.32. The van der Waals surface area contributed by atoms with E-state index in [2.05, 4.69) is 17.6 Å². The number of nitrogens with zero attached hydrogens (tertiary/aromatic N) is 1. The Bertz CT molecular complexity index is 971. The molecule has 3 amide bonds. The van der Waals surface area contributed by atoms with Gasteiger partial charge in [-0.3, -0.25) is 14.4 Å². The summed E-state index contributed by atoms with van der Waals surface area (Å²) in [5, 5.41) is 16.5. The lowest BCUT2D eigenvalue weighted by Gasteiger charge is -2.37. The van der Waals surface area contributed by atoms with Gasteiger partial charge in [-0.25, -0.2) is 0 Å². The van der Waals surface area contributed by atoms with Gasteiger partial charge >= 0.3 is 0 Å². The van der Waals surface area contributed by atoms with E-state index in [9.17, 15) is 19.5 Å². The molecule has 7 atom stereocenters. The number of likely N-dealkylation sites (tertiary alicyclic amines) is 1. The first-order valence-electron chi connectivity index (χ1n) is 13.5. The number of carbonyl (C=O) groups excluding carboxylic acids is 3. The van der Waals surface area contributed by atoms with Crippen LogP contribution in [0.5, 0.6) is 0 Å². The second kappa shape index (κ2) is 10.5. The molecule has 0 radical (unpaired) electrons. The largest absolute Gasteiger partial charge is 0.394 e. The van der Waals surface area contributed by atoms with E-state index in [0.29, 0.717) is 25.8 Å². The molecule has 3 N–H and O–H groups in total. The highest BCUT2D eigenvalue weighted by atomic mass is 16.5. The molecule has 3 unspecified atom stereocenters. The number of hydrogen-bond acceptors (Lipinski definition) is 5. The van der Waals surface area contributed by atoms with Crippen LogP contribution >= 0.6 is 0 Å². The molecule has 1 aromatic carbocycles. The van der Waals surface area contributed by atoms with E-state index in [-0.39, 0.29) is 30.4 Å². The number of benzene rings is 1. The zero-order valence-electron chi connectivity index (χ0n) is 22.0. The van der Waals surface area contributed by atoms with E-state index in [0.717, 1.165) is 24.8 Å². The number of rotatable bonds is 11. The van der Waals surface area contributed by atoms with Gasteiger partial charge < -0.3 is 25.4 Å². The van der Waals surface area contributed by atoms with Gasteiger partial charge in [0, 0.05) is 12.6 Å². The minimum Gasteiger partial charge on any atom is -0.394 e. The van der Waals surface area contributed by atoms with Gasteiger partial charge in [-0.1, -0.05) is 50.6 Å². The molecule has 1 aromatic rings. The number of hydrogen-bond donors (Lipinski definition) is 3. The molecule has 198 valence electrons. The van der Waals surface area contributed by atoms with Gasteiger partial charge in [0.1, 0.15) is 11.6 Å². The normalized spacial score (nSPS) is 32.3. The fraction of sp³-hybridized carbons (Fsp3) is 0.679. The maximum Gasteiger partial charge on any atom is 0.246 e. The average molecular weight is 500 g/mol. The first-order chi connectivity index (χ1) is 17.2. The van der Waals surface area contributed by atoms with E-state index < -0.39 is 35.1 Å². The summed E-state index contributed by atoms with van der Waals surface area (Å²) in [6.45, 7) is 8.13. The van der Waals surface area contributed by atoms with Crippen molar-refractivity contribution in [2.45, 2.75) is 95.5 Å². The Morgan fingerprint density at radius 1 is 1.17 bits per heavy atom. The lowest BCUT2D eigenvalue weighted by atomic mass is 9.66. The third-order valence-corrected chi connectivity index (χ3v) is 8.32. The Labute approximate surface area is 214 Å². The SMILES string of the molecule is CCCNC(=O)[C@H]1[C@H]2C(=O)N([C@@H](CO)Cc3ccccc3)C(C(=O)NC(C)CCC)C23CC[C@]1(C)O3. The molecule has 4 rings (SSSR count). The molecule has 1 spiro atoms. The van der Waals surface area contributed by atoms with Crippen LogP contribution in [0.1, 0.15) is 65.4 Å². The molecule has 3 aliphatic heterocycles. The van der Waals surface area contributed by atoms with Crippen LogP contribution in [0.2, 0.25) is 0 Å². The van der Waals surface area contributed by atoms with Crippen molar-refractivity contribution in [1.29, 1.82) is 0 Å². The van der Waals surface area contributed by atoms with Crippen LogP contribution in [0.4, 0.5) is 0 Å². The Hall–Kier alpha value is -2.45. The smallest absolute Gasteiger partial charge is 0.246 e. The molecule has 3 saturated heterocycles. The van der Waals surface area contributed by atoms with E-state index in [4.69, 9.17) is 4.74 Å². The molecular weight excluding hydrogens is 458 g/mol. The summed E-state index contributed by atoms with van der Waals surface area (Å²) in [4.78, 5) is 43.0. The molecule has 3 aliphatic rings. The molecule has 3 heterocycles. The van der Waals surface area contributed by atoms with Crippen LogP contribution in [0.15, 0.2) is 30.3 Å². The van der Waals surface area contributed by atoms with Crippen molar-refractivity contribution in [1.82, 2.24) is 15.5 Å². The van der Waals surface area contributed by atoms with Gasteiger partial charge in [0.05, 0.1) is 30.1 Å². The molecule has 0 aliphatic carbocycles. The molecule has 2 bridgehead atoms. The zero-order valence-corrected chi connectivity index (χ0v) is 22.0. The molecule has 0 saturated carbocycles. The number of aliphatic hydroxyl groups is 1. The zero-order chi connectivity index (χ0) is 26.1. The van der Waals surface area contributed by atoms with Crippen molar-refractivity contribution in [2.24, 2.45) is 11.8 Å². The first-order valence-corrected chi connectivity index (χ1v) is 13.5. The van der Waals surface area contributed by atoms with Crippen molar-refractivity contribution in [2.75, 3.05) is 13.2 Å². The van der Waals surface area contributed by atoms with Crippen LogP contribution in [0.3, 0.4) is 0 Å². The van der Waals surface area contributed by atoms with E-state index >= 15 is 0 Å². The molecule has 0 aromatic heterocycles. The molecule has 8 heteroatoms. The highest BCUT2D eigenvalue weighted by molar-refractivity contribution is 5.99. The third kappa shape index (κ3) is 4.43. The van der Waals surface area contributed by atoms with Gasteiger partial charge in [-0.05, 0) is 51.5 Å². The standard InChI is InChI=1S/C28H41N3O5/c1-5-10-18(3)30-25(34)23-28-14-13-27(4,36-28)21(24(33)29-15-6-2)22(28)26(35)31(23)20(17-32)16-19-11-8-7-9-12-19/h7-9,11-12,18,20-23,32H,5-6,10,13-17H2,1-4H3,(H,29,33)(H,30,34)/t18?,20-,21-,22+,23?,27+,28?/m1/s1. The second-order valence-corrected chi connectivity index (χ2v) is 11.0. The van der Waals surface area contributed by atoms with Gasteiger partial charge in [-0.2, -0.15) is 0 Å². The van der Waals surface area contributed by atoms with Crippen molar-refractivity contribution >= 4 is 17.7 Å². The van der Waals surface area contributed by atoms with E-state index in [1.165, 1.54) is 0 Å². The number of carbonyl (C=O) groups is 3. The lowest BCUT2D eigenvalue weighted by molar-refractivity contribution is -0.149. The summed E-state index contributed by atoms with van der Waals surface area (Å²) in [7, 11) is 0. The monoisotopic (exact) mass is 499 g/mol. The second-order valence-electron chi connectivity index (χ2n) is 11.0. The van der Waals surface area contributed by atoms with Crippen LogP contribution in [-0.4, -0.2) is 70.2 Å². The fourth-order valence-corrected chi connectivity index (χ4v) is 6.78. The molecule has 3 fully saturated rings. The van der Waals surface area contributed by atoms with Crippen LogP contribution < -0.4 is 10.6 Å². The highest BCUT2D eigenvalue weighted by Gasteiger charge is 2.78. The minimum atomic E-state index is -1.08. The summed E-state index contributed by atoms with van der Waals surface area (Å²) in [5.41, 5.74) is -0.918. The summed E-state index contributed by atoms with van der Waals surface area (Å²) < 4.78 is 6.64. The summed E-state index contributed by atoms with van der Waals surface area (Å²) in [6, 6.07) is 8.08. The molecular formula is C28H41N3O5. The number of amides is 3. The number of aliphatic hydroxyl groups excluding tert-OH is 1. The van der Waals surface area contributed by atoms with Crippen LogP contribution in [0, 0.1) is 11.8 Å². The van der Waals surface area contributed by atoms with Gasteiger partial charge in [-0.15, -0.1) is 0 Å². The van der Waals surface area contributed by atoms with Gasteiger partial charge in [0.2, 0.25) is 17.7 Å². The number of nitrogens with one attached hydrogen (secondary N) is 2. The van der Waals surface area contributed by atoms with Gasteiger partial charge in [0.15, 0.2) is 0 Å². The maximum absolute atomic E-state index is 14.2. The average Bonchev–Trinajstić information content (AvgIpc) is 3.42. The number of ether oxygens (including phenoxy) is 1. The van der Waals surface area contributed by atoms with Gasteiger partial charge in [0.25, 0.3) is 0 Å². The predicted molar refractivity (Wildman–Crippen MR) is 136 cm³/mol. The predicted octanol–water partition coefficient (Wildman–Crippen LogP) is 2.19. The van der Waals surface area contributed by atoms with Crippen molar-refractivity contribution in [3.8, 4) is 0 Å². The Morgan fingerprint density at radius 3 is 2.53 bits per heavy atom. The highest BCUT2D eigenvalue weighted by Crippen LogP contribution is 2.63.